The van der Waals surface area contributed by atoms with Crippen molar-refractivity contribution in [2.45, 2.75) is 6.54 Å². The Hall–Kier alpha value is -2.57. The lowest BCUT2D eigenvalue weighted by atomic mass is 10.1. The molecule has 0 aromatic heterocycles. The number of rotatable bonds is 3. The SMILES string of the molecule is O=C(O)N(Cc1cc(F)c(F)c(F)c1)c1ccccc1F. The molecule has 7 heteroatoms. The van der Waals surface area contributed by atoms with Crippen LogP contribution in [0.3, 0.4) is 0 Å². The van der Waals surface area contributed by atoms with Gasteiger partial charge < -0.3 is 5.11 Å². The summed E-state index contributed by atoms with van der Waals surface area (Å²) in [4.78, 5) is 11.8. The van der Waals surface area contributed by atoms with Crippen LogP contribution in [-0.4, -0.2) is 11.2 Å². The third-order valence-electron chi connectivity index (χ3n) is 2.76. The average molecular weight is 299 g/mol. The molecule has 0 saturated carbocycles. The van der Waals surface area contributed by atoms with Crippen LogP contribution in [0.15, 0.2) is 36.4 Å². The maximum absolute atomic E-state index is 13.6. The number of carbonyl (C=O) groups is 1. The molecular formula is C14H9F4NO2. The number of para-hydroxylation sites is 1. The summed E-state index contributed by atoms with van der Waals surface area (Å²) in [6.07, 6.45) is -1.51. The Balaban J connectivity index is 2.38. The van der Waals surface area contributed by atoms with Crippen LogP contribution in [0.25, 0.3) is 0 Å². The Labute approximate surface area is 117 Å². The van der Waals surface area contributed by atoms with E-state index in [1.54, 1.807) is 0 Å². The van der Waals surface area contributed by atoms with Gasteiger partial charge in [0.2, 0.25) is 0 Å². The van der Waals surface area contributed by atoms with Gasteiger partial charge in [0.05, 0.1) is 12.2 Å². The smallest absolute Gasteiger partial charge is 0.412 e. The first-order chi connectivity index (χ1) is 9.90. The van der Waals surface area contributed by atoms with Crippen molar-refractivity contribution in [3.05, 3.63) is 65.2 Å². The maximum Gasteiger partial charge on any atom is 0.412 e. The van der Waals surface area contributed by atoms with E-state index in [4.69, 9.17) is 5.11 Å². The molecule has 110 valence electrons. The van der Waals surface area contributed by atoms with Gasteiger partial charge in [-0.05, 0) is 29.8 Å². The summed E-state index contributed by atoms with van der Waals surface area (Å²) in [7, 11) is 0. The molecule has 21 heavy (non-hydrogen) atoms. The van der Waals surface area contributed by atoms with Crippen molar-refractivity contribution in [1.29, 1.82) is 0 Å². The second kappa shape index (κ2) is 5.82. The monoisotopic (exact) mass is 299 g/mol. The highest BCUT2D eigenvalue weighted by Gasteiger charge is 2.20. The minimum atomic E-state index is -1.65. The summed E-state index contributed by atoms with van der Waals surface area (Å²) in [5.41, 5.74) is -0.410. The summed E-state index contributed by atoms with van der Waals surface area (Å²) in [5, 5.41) is 9.10. The van der Waals surface area contributed by atoms with Crippen molar-refractivity contribution in [2.75, 3.05) is 4.90 Å². The van der Waals surface area contributed by atoms with E-state index in [-0.39, 0.29) is 11.3 Å². The number of anilines is 1. The van der Waals surface area contributed by atoms with Crippen LogP contribution < -0.4 is 4.90 Å². The maximum atomic E-state index is 13.6. The topological polar surface area (TPSA) is 40.5 Å². The van der Waals surface area contributed by atoms with Crippen molar-refractivity contribution in [1.82, 2.24) is 0 Å². The van der Waals surface area contributed by atoms with E-state index in [9.17, 15) is 22.4 Å². The summed E-state index contributed by atoms with van der Waals surface area (Å²) in [5.74, 6) is -5.33. The van der Waals surface area contributed by atoms with Crippen LogP contribution in [-0.2, 0) is 6.54 Å². The minimum absolute atomic E-state index is 0.142. The predicted molar refractivity (Wildman–Crippen MR) is 66.9 cm³/mol. The lowest BCUT2D eigenvalue weighted by Gasteiger charge is -2.20. The average Bonchev–Trinajstić information content (AvgIpc) is 2.42. The fourth-order valence-corrected chi connectivity index (χ4v) is 1.81. The number of hydrogen-bond donors (Lipinski definition) is 1. The quantitative estimate of drug-likeness (QED) is 0.689. The highest BCUT2D eigenvalue weighted by atomic mass is 19.2. The first-order valence-electron chi connectivity index (χ1n) is 5.78. The second-order valence-corrected chi connectivity index (χ2v) is 4.19. The van der Waals surface area contributed by atoms with Gasteiger partial charge in [0.25, 0.3) is 0 Å². The van der Waals surface area contributed by atoms with Gasteiger partial charge >= 0.3 is 6.09 Å². The predicted octanol–water partition coefficient (Wildman–Crippen LogP) is 3.93. The van der Waals surface area contributed by atoms with E-state index >= 15 is 0 Å². The lowest BCUT2D eigenvalue weighted by Crippen LogP contribution is -2.29. The molecule has 0 heterocycles. The largest absolute Gasteiger partial charge is 0.465 e. The molecule has 0 aliphatic rings. The van der Waals surface area contributed by atoms with Gasteiger partial charge in [-0.2, -0.15) is 0 Å². The Morgan fingerprint density at radius 3 is 2.10 bits per heavy atom. The molecule has 0 radical (unpaired) electrons. The molecule has 0 aliphatic heterocycles. The highest BCUT2D eigenvalue weighted by Crippen LogP contribution is 2.22. The van der Waals surface area contributed by atoms with E-state index in [0.717, 1.165) is 6.07 Å². The van der Waals surface area contributed by atoms with E-state index in [0.29, 0.717) is 17.0 Å². The fourth-order valence-electron chi connectivity index (χ4n) is 1.81. The van der Waals surface area contributed by atoms with Crippen molar-refractivity contribution in [3.8, 4) is 0 Å². The molecule has 3 nitrogen and oxygen atoms in total. The zero-order valence-electron chi connectivity index (χ0n) is 10.5. The van der Waals surface area contributed by atoms with Crippen molar-refractivity contribution in [2.24, 2.45) is 0 Å². The summed E-state index contributed by atoms with van der Waals surface area (Å²) >= 11 is 0. The van der Waals surface area contributed by atoms with Gasteiger partial charge in [-0.15, -0.1) is 0 Å². The number of halogens is 4. The first-order valence-corrected chi connectivity index (χ1v) is 5.78. The number of nitrogens with zero attached hydrogens (tertiary/aromatic N) is 1. The molecule has 2 aromatic carbocycles. The summed E-state index contributed by atoms with van der Waals surface area (Å²) in [6.45, 7) is -0.523. The molecular weight excluding hydrogens is 290 g/mol. The molecule has 1 amide bonds. The molecule has 0 atom stereocenters. The van der Waals surface area contributed by atoms with E-state index in [2.05, 4.69) is 0 Å². The van der Waals surface area contributed by atoms with Crippen LogP contribution in [0.5, 0.6) is 0 Å². The summed E-state index contributed by atoms with van der Waals surface area (Å²) in [6, 6.07) is 6.37. The zero-order valence-corrected chi connectivity index (χ0v) is 10.5. The number of amides is 1. The van der Waals surface area contributed by atoms with Crippen LogP contribution in [0.4, 0.5) is 28.0 Å². The fraction of sp³-hybridized carbons (Fsp3) is 0.0714. The molecule has 2 aromatic rings. The van der Waals surface area contributed by atoms with Gasteiger partial charge in [-0.3, -0.25) is 4.90 Å². The van der Waals surface area contributed by atoms with Crippen LogP contribution in [0.1, 0.15) is 5.56 Å². The van der Waals surface area contributed by atoms with Crippen molar-refractivity contribution in [3.63, 3.8) is 0 Å². The van der Waals surface area contributed by atoms with Crippen LogP contribution in [0.2, 0.25) is 0 Å². The van der Waals surface area contributed by atoms with Gasteiger partial charge in [0, 0.05) is 0 Å². The van der Waals surface area contributed by atoms with Gasteiger partial charge in [0.15, 0.2) is 17.5 Å². The van der Waals surface area contributed by atoms with Crippen molar-refractivity contribution < 1.29 is 27.5 Å². The molecule has 0 saturated heterocycles. The van der Waals surface area contributed by atoms with Crippen molar-refractivity contribution >= 4 is 11.8 Å². The second-order valence-electron chi connectivity index (χ2n) is 4.19. The molecule has 0 aliphatic carbocycles. The Morgan fingerprint density at radius 1 is 1.00 bits per heavy atom. The summed E-state index contributed by atoms with van der Waals surface area (Å²) < 4.78 is 52.7. The molecule has 0 bridgehead atoms. The van der Waals surface area contributed by atoms with Crippen LogP contribution >= 0.6 is 0 Å². The normalized spacial score (nSPS) is 10.5. The standard InChI is InChI=1S/C14H9F4NO2/c15-9-3-1-2-4-12(9)19(14(20)21)7-8-5-10(16)13(18)11(17)6-8/h1-6H,7H2,(H,20,21). The molecule has 0 spiro atoms. The Morgan fingerprint density at radius 2 is 1.57 bits per heavy atom. The zero-order chi connectivity index (χ0) is 15.6. The third-order valence-corrected chi connectivity index (χ3v) is 2.76. The minimum Gasteiger partial charge on any atom is -0.465 e. The number of hydrogen-bond acceptors (Lipinski definition) is 1. The molecule has 2 rings (SSSR count). The Kier molecular flexibility index (Phi) is 4.11. The van der Waals surface area contributed by atoms with Gasteiger partial charge in [0.1, 0.15) is 5.82 Å². The molecule has 0 unspecified atom stereocenters. The van der Waals surface area contributed by atoms with Gasteiger partial charge in [-0.1, -0.05) is 12.1 Å². The highest BCUT2D eigenvalue weighted by molar-refractivity contribution is 5.86. The van der Waals surface area contributed by atoms with E-state index < -0.39 is 35.9 Å². The number of carboxylic acid groups (broad SMARTS) is 1. The first kappa shape index (κ1) is 14.8. The van der Waals surface area contributed by atoms with E-state index in [1.807, 2.05) is 0 Å². The molecule has 0 fully saturated rings. The third kappa shape index (κ3) is 3.13. The Bertz CT molecular complexity index is 667. The van der Waals surface area contributed by atoms with E-state index in [1.165, 1.54) is 18.2 Å². The van der Waals surface area contributed by atoms with Crippen LogP contribution in [0, 0.1) is 23.3 Å². The lowest BCUT2D eigenvalue weighted by molar-refractivity contribution is 0.201. The van der Waals surface area contributed by atoms with Gasteiger partial charge in [-0.25, -0.2) is 22.4 Å². The number of benzene rings is 2. The molecule has 1 N–H and O–H groups in total.